The molecule has 1 aromatic carbocycles. The first-order valence-electron chi connectivity index (χ1n) is 7.75. The molecule has 2 atom stereocenters. The van der Waals surface area contributed by atoms with Gasteiger partial charge in [0.1, 0.15) is 5.75 Å². The van der Waals surface area contributed by atoms with Gasteiger partial charge in [-0.3, -0.25) is 0 Å². The van der Waals surface area contributed by atoms with Gasteiger partial charge < -0.3 is 9.84 Å². The number of ether oxygens (including phenoxy) is 1. The largest absolute Gasteiger partial charge is 0.496 e. The quantitative estimate of drug-likeness (QED) is 0.882. The van der Waals surface area contributed by atoms with E-state index in [9.17, 15) is 13.5 Å². The summed E-state index contributed by atoms with van der Waals surface area (Å²) in [5.41, 5.74) is 1.88. The fourth-order valence-electron chi connectivity index (χ4n) is 3.24. The molecule has 0 bridgehead atoms. The Hall–Kier alpha value is -1.41. The number of aliphatic hydroxyl groups excluding tert-OH is 1. The zero-order chi connectivity index (χ0) is 17.3. The molecule has 1 fully saturated rings. The third kappa shape index (κ3) is 3.09. The highest BCUT2D eigenvalue weighted by Crippen LogP contribution is 2.36. The smallest absolute Gasteiger partial charge is 0.243 e. The molecular weight excluding hydrogens is 346 g/mol. The van der Waals surface area contributed by atoms with E-state index in [0.29, 0.717) is 18.8 Å². The van der Waals surface area contributed by atoms with Gasteiger partial charge in [-0.1, -0.05) is 0 Å². The lowest BCUT2D eigenvalue weighted by Gasteiger charge is -2.17. The van der Waals surface area contributed by atoms with Gasteiger partial charge in [-0.2, -0.15) is 15.6 Å². The molecule has 0 unspecified atom stereocenters. The van der Waals surface area contributed by atoms with Gasteiger partial charge in [0.15, 0.2) is 0 Å². The van der Waals surface area contributed by atoms with Gasteiger partial charge in [-0.05, 0) is 53.1 Å². The minimum Gasteiger partial charge on any atom is -0.496 e. The van der Waals surface area contributed by atoms with Crippen LogP contribution < -0.4 is 4.74 Å². The number of thiophene rings is 1. The van der Waals surface area contributed by atoms with E-state index in [1.165, 1.54) is 4.31 Å². The summed E-state index contributed by atoms with van der Waals surface area (Å²) < 4.78 is 32.6. The molecule has 0 radical (unpaired) electrons. The molecule has 0 aliphatic carbocycles. The standard InChI is InChI=1S/C17H21NO4S2/c1-12-7-15(3-4-17(12)22-2)24(20,21)18-8-14(10-19)16(9-18)13-5-6-23-11-13/h3-7,11,14,16,19H,8-10H2,1-2H3/t14-,16-/m0/s1. The molecule has 130 valence electrons. The zero-order valence-corrected chi connectivity index (χ0v) is 15.3. The maximum Gasteiger partial charge on any atom is 0.243 e. The first-order valence-corrected chi connectivity index (χ1v) is 10.1. The van der Waals surface area contributed by atoms with Crippen LogP contribution in [0.15, 0.2) is 39.9 Å². The van der Waals surface area contributed by atoms with E-state index in [1.807, 2.05) is 23.8 Å². The van der Waals surface area contributed by atoms with Gasteiger partial charge in [-0.25, -0.2) is 8.42 Å². The molecule has 1 N–H and O–H groups in total. The van der Waals surface area contributed by atoms with Crippen molar-refractivity contribution in [2.45, 2.75) is 17.7 Å². The van der Waals surface area contributed by atoms with Crippen LogP contribution in [0.2, 0.25) is 0 Å². The Bertz CT molecular complexity index is 802. The monoisotopic (exact) mass is 367 g/mol. The van der Waals surface area contributed by atoms with Crippen LogP contribution in [0.5, 0.6) is 5.75 Å². The summed E-state index contributed by atoms with van der Waals surface area (Å²) in [5, 5.41) is 13.7. The van der Waals surface area contributed by atoms with Crippen molar-refractivity contribution in [1.82, 2.24) is 4.31 Å². The molecule has 0 amide bonds. The fourth-order valence-corrected chi connectivity index (χ4v) is 5.57. The highest BCUT2D eigenvalue weighted by Gasteiger charge is 2.39. The van der Waals surface area contributed by atoms with Crippen molar-refractivity contribution in [3.05, 3.63) is 46.2 Å². The average molecular weight is 367 g/mol. The summed E-state index contributed by atoms with van der Waals surface area (Å²) >= 11 is 1.59. The van der Waals surface area contributed by atoms with E-state index in [-0.39, 0.29) is 23.3 Å². The van der Waals surface area contributed by atoms with Crippen LogP contribution in [-0.4, -0.2) is 44.6 Å². The summed E-state index contributed by atoms with van der Waals surface area (Å²) in [6, 6.07) is 6.90. The lowest BCUT2D eigenvalue weighted by molar-refractivity contribution is 0.223. The van der Waals surface area contributed by atoms with Gasteiger partial charge in [0.05, 0.1) is 12.0 Å². The van der Waals surface area contributed by atoms with E-state index in [4.69, 9.17) is 4.74 Å². The van der Waals surface area contributed by atoms with E-state index < -0.39 is 10.0 Å². The van der Waals surface area contributed by atoms with Gasteiger partial charge in [0, 0.05) is 31.5 Å². The Morgan fingerprint density at radius 3 is 2.71 bits per heavy atom. The highest BCUT2D eigenvalue weighted by atomic mass is 32.2. The summed E-state index contributed by atoms with van der Waals surface area (Å²) in [6.07, 6.45) is 0. The molecule has 2 aromatic rings. The van der Waals surface area contributed by atoms with Crippen molar-refractivity contribution in [3.63, 3.8) is 0 Å². The third-order valence-corrected chi connectivity index (χ3v) is 7.15. The molecule has 1 aliphatic rings. The number of rotatable bonds is 5. The van der Waals surface area contributed by atoms with Crippen molar-refractivity contribution >= 4 is 21.4 Å². The van der Waals surface area contributed by atoms with Crippen LogP contribution in [0, 0.1) is 12.8 Å². The molecule has 24 heavy (non-hydrogen) atoms. The zero-order valence-electron chi connectivity index (χ0n) is 13.7. The number of benzene rings is 1. The number of nitrogens with zero attached hydrogens (tertiary/aromatic N) is 1. The number of aliphatic hydroxyl groups is 1. The predicted octanol–water partition coefficient (Wildman–Crippen LogP) is 2.46. The lowest BCUT2D eigenvalue weighted by atomic mass is 9.92. The SMILES string of the molecule is COc1ccc(S(=O)(=O)N2C[C@@H](CO)[C@H](c3ccsc3)C2)cc1C. The van der Waals surface area contributed by atoms with Crippen LogP contribution in [0.1, 0.15) is 17.0 Å². The molecule has 1 aromatic heterocycles. The van der Waals surface area contributed by atoms with E-state index in [0.717, 1.165) is 11.1 Å². The maximum absolute atomic E-state index is 13.0. The van der Waals surface area contributed by atoms with E-state index >= 15 is 0 Å². The second-order valence-corrected chi connectivity index (χ2v) is 8.78. The molecule has 1 aliphatic heterocycles. The van der Waals surface area contributed by atoms with Crippen molar-refractivity contribution in [2.75, 3.05) is 26.8 Å². The first-order chi connectivity index (χ1) is 11.5. The highest BCUT2D eigenvalue weighted by molar-refractivity contribution is 7.89. The Morgan fingerprint density at radius 1 is 1.33 bits per heavy atom. The molecule has 1 saturated heterocycles. The summed E-state index contributed by atoms with van der Waals surface area (Å²) in [6.45, 7) is 2.54. The summed E-state index contributed by atoms with van der Waals surface area (Å²) in [5.74, 6) is 0.629. The van der Waals surface area contributed by atoms with Crippen LogP contribution in [0.4, 0.5) is 0 Å². The van der Waals surface area contributed by atoms with Crippen LogP contribution in [0.3, 0.4) is 0 Å². The van der Waals surface area contributed by atoms with Gasteiger partial charge >= 0.3 is 0 Å². The van der Waals surface area contributed by atoms with Crippen molar-refractivity contribution in [3.8, 4) is 5.75 Å². The Labute approximate surface area is 146 Å². The molecule has 5 nitrogen and oxygen atoms in total. The maximum atomic E-state index is 13.0. The van der Waals surface area contributed by atoms with E-state index in [1.54, 1.807) is 36.6 Å². The fraction of sp³-hybridized carbons (Fsp3) is 0.412. The number of methoxy groups -OCH3 is 1. The third-order valence-electron chi connectivity index (χ3n) is 4.62. The first kappa shape index (κ1) is 17.4. The van der Waals surface area contributed by atoms with Gasteiger partial charge in [0.2, 0.25) is 10.0 Å². The van der Waals surface area contributed by atoms with Crippen molar-refractivity contribution in [2.24, 2.45) is 5.92 Å². The van der Waals surface area contributed by atoms with Crippen LogP contribution in [0.25, 0.3) is 0 Å². The number of hydrogen-bond donors (Lipinski definition) is 1. The number of aryl methyl sites for hydroxylation is 1. The minimum absolute atomic E-state index is 0.0197. The van der Waals surface area contributed by atoms with Gasteiger partial charge in [-0.15, -0.1) is 0 Å². The normalized spacial score (nSPS) is 22.0. The minimum atomic E-state index is -3.58. The van der Waals surface area contributed by atoms with E-state index in [2.05, 4.69) is 0 Å². The summed E-state index contributed by atoms with van der Waals surface area (Å²) in [4.78, 5) is 0.267. The Kier molecular flexibility index (Phi) is 4.96. The topological polar surface area (TPSA) is 66.8 Å². The Morgan fingerprint density at radius 2 is 2.12 bits per heavy atom. The summed E-state index contributed by atoms with van der Waals surface area (Å²) in [7, 11) is -2.02. The second-order valence-electron chi connectivity index (χ2n) is 6.06. The number of sulfonamides is 1. The molecule has 0 saturated carbocycles. The Balaban J connectivity index is 1.89. The molecule has 7 heteroatoms. The second kappa shape index (κ2) is 6.84. The van der Waals surface area contributed by atoms with Crippen molar-refractivity contribution in [1.29, 1.82) is 0 Å². The van der Waals surface area contributed by atoms with Gasteiger partial charge in [0.25, 0.3) is 0 Å². The number of hydrogen-bond acceptors (Lipinski definition) is 5. The molecular formula is C17H21NO4S2. The molecule has 3 rings (SSSR count). The van der Waals surface area contributed by atoms with Crippen LogP contribution >= 0.6 is 11.3 Å². The molecule has 2 heterocycles. The molecule has 0 spiro atoms. The van der Waals surface area contributed by atoms with Crippen LogP contribution in [-0.2, 0) is 10.0 Å². The lowest BCUT2D eigenvalue weighted by Crippen LogP contribution is -2.29. The average Bonchev–Trinajstić information content (AvgIpc) is 3.23. The van der Waals surface area contributed by atoms with Crippen molar-refractivity contribution < 1.29 is 18.3 Å². The predicted molar refractivity (Wildman–Crippen MR) is 94.1 cm³/mol.